The van der Waals surface area contributed by atoms with Crippen LogP contribution in [0.1, 0.15) is 6.92 Å². The van der Waals surface area contributed by atoms with Gasteiger partial charge in [0.1, 0.15) is 5.82 Å². The molecule has 1 fully saturated rings. The summed E-state index contributed by atoms with van der Waals surface area (Å²) in [6, 6.07) is 9.32. The third kappa shape index (κ3) is 4.17. The predicted molar refractivity (Wildman–Crippen MR) is 89.1 cm³/mol. The molecule has 0 saturated carbocycles. The molecule has 3 rings (SSSR count). The number of morpholine rings is 1. The largest absolute Gasteiger partial charge is 0.378 e. The van der Waals surface area contributed by atoms with Crippen molar-refractivity contribution in [1.29, 1.82) is 0 Å². The number of anilines is 4. The van der Waals surface area contributed by atoms with E-state index >= 15 is 0 Å². The normalized spacial score (nSPS) is 14.4. The van der Waals surface area contributed by atoms with Gasteiger partial charge in [0.2, 0.25) is 11.9 Å². The van der Waals surface area contributed by atoms with Crippen molar-refractivity contribution in [3.8, 4) is 0 Å². The van der Waals surface area contributed by atoms with Gasteiger partial charge >= 0.3 is 0 Å². The van der Waals surface area contributed by atoms with Crippen molar-refractivity contribution >= 4 is 29.0 Å². The van der Waals surface area contributed by atoms with Crippen LogP contribution in [-0.2, 0) is 9.53 Å². The van der Waals surface area contributed by atoms with Crippen molar-refractivity contribution in [1.82, 2.24) is 9.97 Å². The molecule has 7 heteroatoms. The van der Waals surface area contributed by atoms with Crippen LogP contribution in [0.3, 0.4) is 0 Å². The first kappa shape index (κ1) is 15.2. The number of rotatable bonds is 4. The highest BCUT2D eigenvalue weighted by Crippen LogP contribution is 2.20. The Morgan fingerprint density at radius 2 is 2.00 bits per heavy atom. The molecule has 120 valence electrons. The van der Waals surface area contributed by atoms with Crippen LogP contribution >= 0.6 is 0 Å². The van der Waals surface area contributed by atoms with Gasteiger partial charge in [0.25, 0.3) is 0 Å². The Kier molecular flexibility index (Phi) is 4.68. The van der Waals surface area contributed by atoms with E-state index in [1.165, 1.54) is 6.92 Å². The topological polar surface area (TPSA) is 79.4 Å². The molecule has 1 aromatic heterocycles. The van der Waals surface area contributed by atoms with E-state index in [2.05, 4.69) is 25.5 Å². The Morgan fingerprint density at radius 3 is 2.78 bits per heavy atom. The highest BCUT2D eigenvalue weighted by atomic mass is 16.5. The molecular formula is C16H19N5O2. The monoisotopic (exact) mass is 313 g/mol. The Hall–Kier alpha value is -2.67. The van der Waals surface area contributed by atoms with E-state index in [9.17, 15) is 4.79 Å². The minimum Gasteiger partial charge on any atom is -0.378 e. The number of benzene rings is 1. The average Bonchev–Trinajstić information content (AvgIpc) is 2.56. The van der Waals surface area contributed by atoms with E-state index in [1.54, 1.807) is 6.20 Å². The fourth-order valence-corrected chi connectivity index (χ4v) is 2.39. The third-order valence-electron chi connectivity index (χ3n) is 3.42. The van der Waals surface area contributed by atoms with Gasteiger partial charge in [-0.3, -0.25) is 4.79 Å². The second-order valence-electron chi connectivity index (χ2n) is 5.22. The zero-order chi connectivity index (χ0) is 16.1. The van der Waals surface area contributed by atoms with Crippen LogP contribution in [0.5, 0.6) is 0 Å². The number of hydrogen-bond donors (Lipinski definition) is 2. The fraction of sp³-hybridized carbons (Fsp3) is 0.312. The minimum absolute atomic E-state index is 0.104. The summed E-state index contributed by atoms with van der Waals surface area (Å²) in [5.41, 5.74) is 1.54. The zero-order valence-corrected chi connectivity index (χ0v) is 13.0. The Morgan fingerprint density at radius 1 is 1.22 bits per heavy atom. The van der Waals surface area contributed by atoms with Crippen LogP contribution in [0, 0.1) is 0 Å². The average molecular weight is 313 g/mol. The van der Waals surface area contributed by atoms with Crippen LogP contribution in [0.15, 0.2) is 36.5 Å². The molecule has 1 aliphatic heterocycles. The molecule has 0 aliphatic carbocycles. The molecule has 1 aromatic carbocycles. The van der Waals surface area contributed by atoms with Crippen molar-refractivity contribution in [2.24, 2.45) is 0 Å². The maximum absolute atomic E-state index is 11.1. The molecule has 7 nitrogen and oxygen atoms in total. The Bertz CT molecular complexity index is 686. The molecule has 2 heterocycles. The number of nitrogens with zero attached hydrogens (tertiary/aromatic N) is 3. The fourth-order valence-electron chi connectivity index (χ4n) is 2.39. The molecule has 0 bridgehead atoms. The molecule has 2 aromatic rings. The molecule has 1 amide bonds. The number of carbonyl (C=O) groups excluding carboxylic acids is 1. The summed E-state index contributed by atoms with van der Waals surface area (Å²) in [6.07, 6.45) is 1.73. The summed E-state index contributed by atoms with van der Waals surface area (Å²) in [5, 5.41) is 5.92. The summed E-state index contributed by atoms with van der Waals surface area (Å²) in [5.74, 6) is 1.30. The van der Waals surface area contributed by atoms with Crippen LogP contribution in [0.4, 0.5) is 23.1 Å². The van der Waals surface area contributed by atoms with Crippen LogP contribution in [-0.4, -0.2) is 42.2 Å². The number of ether oxygens (including phenoxy) is 1. The van der Waals surface area contributed by atoms with Gasteiger partial charge in [-0.2, -0.15) is 4.98 Å². The lowest BCUT2D eigenvalue weighted by molar-refractivity contribution is -0.114. The van der Waals surface area contributed by atoms with Gasteiger partial charge < -0.3 is 20.3 Å². The lowest BCUT2D eigenvalue weighted by atomic mass is 10.2. The van der Waals surface area contributed by atoms with Gasteiger partial charge in [0, 0.05) is 37.6 Å². The Balaban J connectivity index is 1.73. The zero-order valence-electron chi connectivity index (χ0n) is 13.0. The number of nitrogens with one attached hydrogen (secondary N) is 2. The molecule has 0 radical (unpaired) electrons. The first-order chi connectivity index (χ1) is 11.2. The molecule has 23 heavy (non-hydrogen) atoms. The van der Waals surface area contributed by atoms with Gasteiger partial charge in [-0.05, 0) is 24.3 Å². The molecular weight excluding hydrogens is 294 g/mol. The summed E-state index contributed by atoms with van der Waals surface area (Å²) in [4.78, 5) is 22.1. The molecule has 0 unspecified atom stereocenters. The van der Waals surface area contributed by atoms with Crippen molar-refractivity contribution in [3.05, 3.63) is 36.5 Å². The predicted octanol–water partition coefficient (Wildman–Crippen LogP) is 2.02. The SMILES string of the molecule is CC(=O)Nc1cccc(Nc2nccc(N3CCOCC3)n2)c1. The van der Waals surface area contributed by atoms with E-state index in [0.29, 0.717) is 19.2 Å². The summed E-state index contributed by atoms with van der Waals surface area (Å²) in [7, 11) is 0. The smallest absolute Gasteiger partial charge is 0.229 e. The van der Waals surface area contributed by atoms with E-state index in [1.807, 2.05) is 30.3 Å². The van der Waals surface area contributed by atoms with Gasteiger partial charge in [-0.25, -0.2) is 4.98 Å². The Labute approximate surface area is 134 Å². The van der Waals surface area contributed by atoms with Crippen LogP contribution in [0.25, 0.3) is 0 Å². The van der Waals surface area contributed by atoms with Crippen molar-refractivity contribution in [2.45, 2.75) is 6.92 Å². The van der Waals surface area contributed by atoms with Gasteiger partial charge in [0.05, 0.1) is 13.2 Å². The molecule has 0 spiro atoms. The molecule has 2 N–H and O–H groups in total. The lowest BCUT2D eigenvalue weighted by Crippen LogP contribution is -2.36. The van der Waals surface area contributed by atoms with Gasteiger partial charge in [0.15, 0.2) is 0 Å². The molecule has 1 saturated heterocycles. The second-order valence-corrected chi connectivity index (χ2v) is 5.22. The quantitative estimate of drug-likeness (QED) is 0.899. The van der Waals surface area contributed by atoms with Crippen LogP contribution in [0.2, 0.25) is 0 Å². The van der Waals surface area contributed by atoms with E-state index < -0.39 is 0 Å². The maximum Gasteiger partial charge on any atom is 0.229 e. The minimum atomic E-state index is -0.104. The molecule has 0 atom stereocenters. The van der Waals surface area contributed by atoms with Gasteiger partial charge in [-0.1, -0.05) is 6.07 Å². The first-order valence-electron chi connectivity index (χ1n) is 7.51. The van der Waals surface area contributed by atoms with Crippen molar-refractivity contribution in [2.75, 3.05) is 41.8 Å². The summed E-state index contributed by atoms with van der Waals surface area (Å²) < 4.78 is 5.36. The first-order valence-corrected chi connectivity index (χ1v) is 7.51. The summed E-state index contributed by atoms with van der Waals surface area (Å²) in [6.45, 7) is 4.56. The second kappa shape index (κ2) is 7.06. The highest BCUT2D eigenvalue weighted by molar-refractivity contribution is 5.89. The maximum atomic E-state index is 11.1. The third-order valence-corrected chi connectivity index (χ3v) is 3.42. The van der Waals surface area contributed by atoms with Gasteiger partial charge in [-0.15, -0.1) is 0 Å². The number of aromatic nitrogens is 2. The molecule has 1 aliphatic rings. The van der Waals surface area contributed by atoms with Crippen molar-refractivity contribution in [3.63, 3.8) is 0 Å². The number of hydrogen-bond acceptors (Lipinski definition) is 6. The lowest BCUT2D eigenvalue weighted by Gasteiger charge is -2.27. The number of carbonyl (C=O) groups is 1. The van der Waals surface area contributed by atoms with E-state index in [-0.39, 0.29) is 5.91 Å². The van der Waals surface area contributed by atoms with E-state index in [4.69, 9.17) is 4.74 Å². The standard InChI is InChI=1S/C16H19N5O2/c1-12(22)18-13-3-2-4-14(11-13)19-16-17-6-5-15(20-16)21-7-9-23-10-8-21/h2-6,11H,7-10H2,1H3,(H,18,22)(H,17,19,20). The summed E-state index contributed by atoms with van der Waals surface area (Å²) >= 11 is 0. The van der Waals surface area contributed by atoms with Crippen molar-refractivity contribution < 1.29 is 9.53 Å². The number of amides is 1. The highest BCUT2D eigenvalue weighted by Gasteiger charge is 2.13. The van der Waals surface area contributed by atoms with E-state index in [0.717, 1.165) is 30.3 Å². The van der Waals surface area contributed by atoms with Crippen LogP contribution < -0.4 is 15.5 Å².